The Kier molecular flexibility index (Phi) is 6.90. The predicted octanol–water partition coefficient (Wildman–Crippen LogP) is 1.49. The highest BCUT2D eigenvalue weighted by molar-refractivity contribution is 8.42. The zero-order valence-electron chi connectivity index (χ0n) is 19.8. The number of aliphatic imine (C=N–C) groups is 1. The molecule has 2 saturated heterocycles. The second kappa shape index (κ2) is 10.1. The summed E-state index contributed by atoms with van der Waals surface area (Å²) in [6.07, 6.45) is -3.87. The Bertz CT molecular complexity index is 1230. The summed E-state index contributed by atoms with van der Waals surface area (Å²) in [4.78, 5) is 34.3. The van der Waals surface area contributed by atoms with Crippen LogP contribution in [0.15, 0.2) is 64.5 Å². The van der Waals surface area contributed by atoms with Gasteiger partial charge in [0.15, 0.2) is 12.2 Å². The summed E-state index contributed by atoms with van der Waals surface area (Å²) in [7, 11) is -3.32. The van der Waals surface area contributed by atoms with Crippen molar-refractivity contribution in [2.75, 3.05) is 37.6 Å². The van der Waals surface area contributed by atoms with E-state index in [-0.39, 0.29) is 11.0 Å². The highest BCUT2D eigenvalue weighted by atomic mass is 32.3. The second-order valence-electron chi connectivity index (χ2n) is 8.84. The van der Waals surface area contributed by atoms with Gasteiger partial charge in [0, 0.05) is 50.4 Å². The molecule has 1 spiro atoms. The van der Waals surface area contributed by atoms with Crippen LogP contribution in [0.1, 0.15) is 12.0 Å². The number of nitrogens with zero attached hydrogens (tertiary/aromatic N) is 3. The van der Waals surface area contributed by atoms with Crippen LogP contribution in [-0.4, -0.2) is 77.2 Å². The molecule has 5 rings (SSSR count). The van der Waals surface area contributed by atoms with Crippen molar-refractivity contribution >= 4 is 39.1 Å². The summed E-state index contributed by atoms with van der Waals surface area (Å²) >= 11 is 0. The maximum Gasteiger partial charge on any atom is 0.361 e. The first kappa shape index (κ1) is 25.2. The van der Waals surface area contributed by atoms with Crippen molar-refractivity contribution in [2.45, 2.75) is 18.6 Å². The molecule has 3 aliphatic heterocycles. The monoisotopic (exact) mass is 530 g/mol. The molecule has 0 aliphatic carbocycles. The number of carbonyl (C=O) groups excluding carboxylic acids is 2. The normalized spacial score (nSPS) is 28.4. The van der Waals surface area contributed by atoms with E-state index in [1.54, 1.807) is 12.1 Å². The van der Waals surface area contributed by atoms with Gasteiger partial charge in [-0.3, -0.25) is 4.90 Å². The summed E-state index contributed by atoms with van der Waals surface area (Å²) in [5.74, 6) is -2.68. The number of benzene rings is 2. The van der Waals surface area contributed by atoms with Crippen LogP contribution in [0.5, 0.6) is 0 Å². The lowest BCUT2D eigenvalue weighted by molar-refractivity contribution is -0.156. The Morgan fingerprint density at radius 2 is 1.54 bits per heavy atom. The molecule has 2 aromatic carbocycles. The molecule has 0 saturated carbocycles. The van der Waals surface area contributed by atoms with E-state index in [1.807, 2.05) is 30.3 Å². The number of amidine groups is 1. The van der Waals surface area contributed by atoms with Crippen LogP contribution in [-0.2, 0) is 18.0 Å². The maximum absolute atomic E-state index is 13.3. The molecule has 0 amide bonds. The second-order valence-corrected chi connectivity index (χ2v) is 11.1. The van der Waals surface area contributed by atoms with Gasteiger partial charge in [0.1, 0.15) is 5.82 Å². The van der Waals surface area contributed by atoms with Crippen LogP contribution in [0.3, 0.4) is 0 Å². The zero-order valence-corrected chi connectivity index (χ0v) is 20.6. The first-order valence-corrected chi connectivity index (χ1v) is 13.3. The first-order valence-electron chi connectivity index (χ1n) is 11.8. The third-order valence-corrected chi connectivity index (χ3v) is 9.02. The van der Waals surface area contributed by atoms with E-state index < -0.39 is 34.7 Å². The average molecular weight is 531 g/mol. The molecule has 2 atom stereocenters. The fourth-order valence-electron chi connectivity index (χ4n) is 4.49. The fraction of sp³-hybridized carbons (Fsp3) is 0.320. The number of hydrogen-bond donors (Lipinski definition) is 3. The largest absolute Gasteiger partial charge is 0.379 e. The van der Waals surface area contributed by atoms with Crippen molar-refractivity contribution in [1.82, 2.24) is 4.90 Å². The number of hydrogen-bond acceptors (Lipinski definition) is 10. The van der Waals surface area contributed by atoms with Crippen LogP contribution in [0, 0.1) is 5.82 Å². The van der Waals surface area contributed by atoms with E-state index in [0.29, 0.717) is 29.1 Å². The first-order chi connectivity index (χ1) is 17.8. The Labute approximate surface area is 214 Å². The number of nitrogens with two attached hydrogens (primary N) is 1. The van der Waals surface area contributed by atoms with E-state index in [0.717, 1.165) is 31.9 Å². The third-order valence-electron chi connectivity index (χ3n) is 6.53. The lowest BCUT2D eigenvalue weighted by Crippen LogP contribution is -2.46. The number of aliphatic hydroxyl groups excluding tert-OH is 2. The zero-order chi connectivity index (χ0) is 26.2. The molecule has 2 aromatic rings. The van der Waals surface area contributed by atoms with Crippen molar-refractivity contribution in [3.63, 3.8) is 0 Å². The maximum atomic E-state index is 13.3. The molecule has 196 valence electrons. The molecule has 0 bridgehead atoms. The van der Waals surface area contributed by atoms with Gasteiger partial charge in [-0.2, -0.15) is 0 Å². The SMILES string of the molecule is NC1=NC(c2ccccc2)=C(CCN2CCN(c3ccc(F)cc3)CC2)S12OC(=O)C(O)C(O)C(=O)O2. The van der Waals surface area contributed by atoms with Crippen molar-refractivity contribution in [1.29, 1.82) is 0 Å². The summed E-state index contributed by atoms with van der Waals surface area (Å²) in [5.41, 5.74) is 8.31. The lowest BCUT2D eigenvalue weighted by atomic mass is 10.1. The van der Waals surface area contributed by atoms with Crippen LogP contribution in [0.2, 0.25) is 0 Å². The summed E-state index contributed by atoms with van der Waals surface area (Å²) in [6.45, 7) is 3.44. The Balaban J connectivity index is 1.39. The van der Waals surface area contributed by atoms with Gasteiger partial charge in [0.05, 0.1) is 10.6 Å². The molecule has 0 aromatic heterocycles. The highest BCUT2D eigenvalue weighted by Crippen LogP contribution is 2.65. The van der Waals surface area contributed by atoms with Crippen LogP contribution in [0.25, 0.3) is 5.70 Å². The third kappa shape index (κ3) is 4.80. The van der Waals surface area contributed by atoms with Crippen LogP contribution >= 0.6 is 10.6 Å². The molecule has 2 unspecified atom stereocenters. The van der Waals surface area contributed by atoms with Gasteiger partial charge in [-0.1, -0.05) is 30.3 Å². The fourth-order valence-corrected chi connectivity index (χ4v) is 6.80. The number of piperazine rings is 1. The van der Waals surface area contributed by atoms with Crippen LogP contribution in [0.4, 0.5) is 10.1 Å². The number of anilines is 1. The van der Waals surface area contributed by atoms with E-state index in [9.17, 15) is 24.2 Å². The highest BCUT2D eigenvalue weighted by Gasteiger charge is 2.51. The predicted molar refractivity (Wildman–Crippen MR) is 136 cm³/mol. The number of rotatable bonds is 5. The molecule has 4 N–H and O–H groups in total. The van der Waals surface area contributed by atoms with Crippen molar-refractivity contribution in [2.24, 2.45) is 10.7 Å². The molecular weight excluding hydrogens is 503 g/mol. The molecule has 10 nitrogen and oxygen atoms in total. The number of halogens is 1. The standard InChI is InChI=1S/C25H27FN4O6S/c26-17-6-8-18(9-7-17)30-14-12-29(13-15-30)11-10-19-20(16-4-2-1-3-5-16)28-25(27)37(19)35-23(33)21(31)22(32)24(34)36-37/h1-9,21-22,31-32H,10-15H2,(H2,27,28). The molecule has 3 aliphatic rings. The molecule has 37 heavy (non-hydrogen) atoms. The molecule has 12 heteroatoms. The molecular formula is C25H27FN4O6S. The minimum absolute atomic E-state index is 0.189. The summed E-state index contributed by atoms with van der Waals surface area (Å²) in [5, 5.41) is 19.9. The minimum Gasteiger partial charge on any atom is -0.379 e. The van der Waals surface area contributed by atoms with Gasteiger partial charge in [-0.05, 0) is 34.9 Å². The average Bonchev–Trinajstić information content (AvgIpc) is 3.13. The lowest BCUT2D eigenvalue weighted by Gasteiger charge is -2.39. The Hall–Kier alpha value is -3.45. The van der Waals surface area contributed by atoms with Gasteiger partial charge in [-0.15, -0.1) is 0 Å². The Morgan fingerprint density at radius 3 is 2.14 bits per heavy atom. The van der Waals surface area contributed by atoms with Gasteiger partial charge in [0.2, 0.25) is 5.17 Å². The summed E-state index contributed by atoms with van der Waals surface area (Å²) in [6, 6.07) is 15.5. The number of carbonyl (C=O) groups is 2. The van der Waals surface area contributed by atoms with Crippen LogP contribution < -0.4 is 10.6 Å². The minimum atomic E-state index is -3.32. The van der Waals surface area contributed by atoms with E-state index >= 15 is 0 Å². The summed E-state index contributed by atoms with van der Waals surface area (Å²) < 4.78 is 24.3. The molecule has 3 heterocycles. The van der Waals surface area contributed by atoms with Gasteiger partial charge in [-0.25, -0.2) is 19.0 Å². The van der Waals surface area contributed by atoms with E-state index in [1.165, 1.54) is 12.1 Å². The topological polar surface area (TPSA) is 138 Å². The molecule has 2 fully saturated rings. The van der Waals surface area contributed by atoms with Gasteiger partial charge >= 0.3 is 11.9 Å². The smallest absolute Gasteiger partial charge is 0.361 e. The van der Waals surface area contributed by atoms with Crippen molar-refractivity contribution < 1.29 is 32.6 Å². The molecule has 0 radical (unpaired) electrons. The van der Waals surface area contributed by atoms with Gasteiger partial charge < -0.3 is 29.2 Å². The van der Waals surface area contributed by atoms with Crippen molar-refractivity contribution in [3.8, 4) is 0 Å². The van der Waals surface area contributed by atoms with E-state index in [2.05, 4.69) is 14.8 Å². The van der Waals surface area contributed by atoms with Crippen molar-refractivity contribution in [3.05, 3.63) is 70.9 Å². The quantitative estimate of drug-likeness (QED) is 0.525. The van der Waals surface area contributed by atoms with Gasteiger partial charge in [0.25, 0.3) is 0 Å². The van der Waals surface area contributed by atoms with E-state index in [4.69, 9.17) is 14.1 Å². The Morgan fingerprint density at radius 1 is 0.946 bits per heavy atom. The number of aliphatic hydroxyl groups is 2.